The average Bonchev–Trinajstić information content (AvgIpc) is 2.74. The first kappa shape index (κ1) is 11.9. The standard InChI is InChI=1S/C12H22N2O2/c1-9-5-6-11(16-9)12(15)14-8-10-4-2-3-7-13-10/h9-11,13H,2-8H2,1H3,(H,14,15). The highest BCUT2D eigenvalue weighted by molar-refractivity contribution is 5.81. The fourth-order valence-electron chi connectivity index (χ4n) is 2.43. The summed E-state index contributed by atoms with van der Waals surface area (Å²) in [4.78, 5) is 11.8. The first-order chi connectivity index (χ1) is 7.75. The number of hydrogen-bond donors (Lipinski definition) is 2. The fraction of sp³-hybridized carbons (Fsp3) is 0.917. The van der Waals surface area contributed by atoms with Crippen LogP contribution in [0.3, 0.4) is 0 Å². The molecule has 0 spiro atoms. The van der Waals surface area contributed by atoms with Crippen molar-refractivity contribution < 1.29 is 9.53 Å². The van der Waals surface area contributed by atoms with Crippen molar-refractivity contribution in [1.82, 2.24) is 10.6 Å². The highest BCUT2D eigenvalue weighted by atomic mass is 16.5. The Morgan fingerprint density at radius 3 is 2.88 bits per heavy atom. The van der Waals surface area contributed by atoms with Crippen molar-refractivity contribution in [3.8, 4) is 0 Å². The van der Waals surface area contributed by atoms with Crippen molar-refractivity contribution in [1.29, 1.82) is 0 Å². The van der Waals surface area contributed by atoms with Gasteiger partial charge >= 0.3 is 0 Å². The second-order valence-corrected chi connectivity index (χ2v) is 4.90. The minimum absolute atomic E-state index is 0.0664. The molecule has 2 saturated heterocycles. The van der Waals surface area contributed by atoms with Gasteiger partial charge in [-0.3, -0.25) is 4.79 Å². The van der Waals surface area contributed by atoms with E-state index in [0.29, 0.717) is 6.04 Å². The molecule has 3 unspecified atom stereocenters. The number of carbonyl (C=O) groups excluding carboxylic acids is 1. The van der Waals surface area contributed by atoms with E-state index in [4.69, 9.17) is 4.74 Å². The lowest BCUT2D eigenvalue weighted by Crippen LogP contribution is -2.45. The van der Waals surface area contributed by atoms with E-state index in [0.717, 1.165) is 25.9 Å². The SMILES string of the molecule is CC1CCC(C(=O)NCC2CCCCN2)O1. The van der Waals surface area contributed by atoms with Gasteiger partial charge in [-0.1, -0.05) is 6.42 Å². The maximum atomic E-state index is 11.8. The van der Waals surface area contributed by atoms with E-state index >= 15 is 0 Å². The molecule has 1 amide bonds. The molecule has 16 heavy (non-hydrogen) atoms. The number of piperidine rings is 1. The molecule has 2 rings (SSSR count). The summed E-state index contributed by atoms with van der Waals surface area (Å²) in [6, 6.07) is 0.455. The van der Waals surface area contributed by atoms with E-state index in [9.17, 15) is 4.79 Å². The summed E-state index contributed by atoms with van der Waals surface area (Å²) in [5.74, 6) is 0.0664. The lowest BCUT2D eigenvalue weighted by molar-refractivity contribution is -0.131. The van der Waals surface area contributed by atoms with Gasteiger partial charge in [0.1, 0.15) is 6.10 Å². The van der Waals surface area contributed by atoms with E-state index < -0.39 is 0 Å². The monoisotopic (exact) mass is 226 g/mol. The van der Waals surface area contributed by atoms with Crippen LogP contribution in [-0.4, -0.2) is 37.2 Å². The van der Waals surface area contributed by atoms with Gasteiger partial charge in [-0.15, -0.1) is 0 Å². The van der Waals surface area contributed by atoms with Crippen LogP contribution < -0.4 is 10.6 Å². The third-order valence-corrected chi connectivity index (χ3v) is 3.46. The first-order valence-corrected chi connectivity index (χ1v) is 6.42. The van der Waals surface area contributed by atoms with Crippen LogP contribution in [0.25, 0.3) is 0 Å². The van der Waals surface area contributed by atoms with Crippen molar-refractivity contribution in [3.63, 3.8) is 0 Å². The fourth-order valence-corrected chi connectivity index (χ4v) is 2.43. The summed E-state index contributed by atoms with van der Waals surface area (Å²) in [5.41, 5.74) is 0. The summed E-state index contributed by atoms with van der Waals surface area (Å²) in [6.07, 6.45) is 5.59. The number of nitrogens with one attached hydrogen (secondary N) is 2. The number of ether oxygens (including phenoxy) is 1. The van der Waals surface area contributed by atoms with Gasteiger partial charge in [0, 0.05) is 12.6 Å². The Bertz CT molecular complexity index is 239. The minimum Gasteiger partial charge on any atom is -0.365 e. The largest absolute Gasteiger partial charge is 0.365 e. The molecule has 3 atom stereocenters. The number of hydrogen-bond acceptors (Lipinski definition) is 3. The van der Waals surface area contributed by atoms with E-state index in [1.807, 2.05) is 6.92 Å². The molecule has 0 aromatic carbocycles. The van der Waals surface area contributed by atoms with E-state index in [1.165, 1.54) is 19.3 Å². The van der Waals surface area contributed by atoms with Crippen LogP contribution in [0.4, 0.5) is 0 Å². The normalized spacial score (nSPS) is 34.9. The molecule has 2 fully saturated rings. The maximum absolute atomic E-state index is 11.8. The second kappa shape index (κ2) is 5.64. The summed E-state index contributed by atoms with van der Waals surface area (Å²) >= 11 is 0. The van der Waals surface area contributed by atoms with Crippen LogP contribution in [-0.2, 0) is 9.53 Å². The Balaban J connectivity index is 1.67. The highest BCUT2D eigenvalue weighted by Crippen LogP contribution is 2.18. The Morgan fingerprint density at radius 1 is 1.38 bits per heavy atom. The van der Waals surface area contributed by atoms with Gasteiger partial charge in [0.15, 0.2) is 0 Å². The van der Waals surface area contributed by atoms with Crippen LogP contribution in [0.2, 0.25) is 0 Å². The lowest BCUT2D eigenvalue weighted by atomic mass is 10.1. The molecule has 0 aromatic rings. The Kier molecular flexibility index (Phi) is 4.18. The zero-order valence-corrected chi connectivity index (χ0v) is 10.00. The van der Waals surface area contributed by atoms with Crippen LogP contribution in [0.1, 0.15) is 39.0 Å². The third kappa shape index (κ3) is 3.19. The molecule has 4 heteroatoms. The number of amides is 1. The molecule has 0 saturated carbocycles. The zero-order chi connectivity index (χ0) is 11.4. The maximum Gasteiger partial charge on any atom is 0.249 e. The highest BCUT2D eigenvalue weighted by Gasteiger charge is 2.28. The summed E-state index contributed by atoms with van der Waals surface area (Å²) < 4.78 is 5.53. The third-order valence-electron chi connectivity index (χ3n) is 3.46. The predicted molar refractivity (Wildman–Crippen MR) is 62.2 cm³/mol. The molecule has 0 radical (unpaired) electrons. The topological polar surface area (TPSA) is 50.4 Å². The molecule has 0 aliphatic carbocycles. The average molecular weight is 226 g/mol. The van der Waals surface area contributed by atoms with E-state index in [2.05, 4.69) is 10.6 Å². The van der Waals surface area contributed by atoms with Gasteiger partial charge in [0.25, 0.3) is 0 Å². The van der Waals surface area contributed by atoms with Crippen LogP contribution in [0, 0.1) is 0 Å². The molecule has 4 nitrogen and oxygen atoms in total. The molecule has 0 bridgehead atoms. The van der Waals surface area contributed by atoms with Crippen LogP contribution >= 0.6 is 0 Å². The molecule has 2 heterocycles. The van der Waals surface area contributed by atoms with Gasteiger partial charge < -0.3 is 15.4 Å². The molecular formula is C12H22N2O2. The summed E-state index contributed by atoms with van der Waals surface area (Å²) in [5, 5.41) is 6.41. The van der Waals surface area contributed by atoms with Crippen molar-refractivity contribution in [3.05, 3.63) is 0 Å². The quantitative estimate of drug-likeness (QED) is 0.749. The van der Waals surface area contributed by atoms with Gasteiger partial charge in [-0.05, 0) is 39.2 Å². The Morgan fingerprint density at radius 2 is 2.25 bits per heavy atom. The van der Waals surface area contributed by atoms with Gasteiger partial charge in [0.05, 0.1) is 6.10 Å². The van der Waals surface area contributed by atoms with Crippen molar-refractivity contribution >= 4 is 5.91 Å². The molecule has 2 aliphatic heterocycles. The van der Waals surface area contributed by atoms with E-state index in [1.54, 1.807) is 0 Å². The zero-order valence-electron chi connectivity index (χ0n) is 10.00. The molecular weight excluding hydrogens is 204 g/mol. The van der Waals surface area contributed by atoms with Crippen LogP contribution in [0.5, 0.6) is 0 Å². The smallest absolute Gasteiger partial charge is 0.249 e. The Labute approximate surface area is 97.1 Å². The lowest BCUT2D eigenvalue weighted by Gasteiger charge is -2.24. The van der Waals surface area contributed by atoms with Crippen molar-refractivity contribution in [2.75, 3.05) is 13.1 Å². The number of carbonyl (C=O) groups is 1. The van der Waals surface area contributed by atoms with Gasteiger partial charge in [0.2, 0.25) is 5.91 Å². The second-order valence-electron chi connectivity index (χ2n) is 4.90. The van der Waals surface area contributed by atoms with Crippen molar-refractivity contribution in [2.45, 2.75) is 57.3 Å². The van der Waals surface area contributed by atoms with Crippen LogP contribution in [0.15, 0.2) is 0 Å². The molecule has 2 aliphatic rings. The first-order valence-electron chi connectivity index (χ1n) is 6.42. The number of rotatable bonds is 3. The molecule has 2 N–H and O–H groups in total. The predicted octanol–water partition coefficient (Wildman–Crippen LogP) is 0.812. The Hall–Kier alpha value is -0.610. The van der Waals surface area contributed by atoms with E-state index in [-0.39, 0.29) is 18.1 Å². The van der Waals surface area contributed by atoms with Gasteiger partial charge in [-0.25, -0.2) is 0 Å². The van der Waals surface area contributed by atoms with Gasteiger partial charge in [-0.2, -0.15) is 0 Å². The molecule has 0 aromatic heterocycles. The minimum atomic E-state index is -0.210. The summed E-state index contributed by atoms with van der Waals surface area (Å²) in [7, 11) is 0. The summed E-state index contributed by atoms with van der Waals surface area (Å²) in [6.45, 7) is 3.85. The molecule has 92 valence electrons. The van der Waals surface area contributed by atoms with Crippen molar-refractivity contribution in [2.24, 2.45) is 0 Å².